The number of nitrogens with one attached hydrogen (secondary N) is 2. The number of carboxylic acids is 3. The van der Waals surface area contributed by atoms with E-state index in [2.05, 4.69) is 10.6 Å². The molecule has 0 rings (SSSR count). The zero-order valence-electron chi connectivity index (χ0n) is 19.3. The largest absolute Gasteiger partial charge is 0.481 e. The van der Waals surface area contributed by atoms with Crippen LogP contribution in [0, 0.1) is 0 Å². The van der Waals surface area contributed by atoms with Gasteiger partial charge in [0, 0.05) is 37.9 Å². The monoisotopic (exact) mass is 481 g/mol. The molecule has 0 aliphatic rings. The van der Waals surface area contributed by atoms with E-state index in [4.69, 9.17) is 35.3 Å². The smallest absolute Gasteiger partial charge is 0.303 e. The molecular weight excluding hydrogens is 442 g/mol. The predicted molar refractivity (Wildman–Crippen MR) is 118 cm³/mol. The molecule has 13 heteroatoms. The van der Waals surface area contributed by atoms with E-state index in [1.165, 1.54) is 0 Å². The van der Waals surface area contributed by atoms with Crippen molar-refractivity contribution in [3.05, 3.63) is 0 Å². The highest BCUT2D eigenvalue weighted by Gasteiger charge is 2.30. The second kappa shape index (κ2) is 22.9. The molecule has 0 aromatic rings. The van der Waals surface area contributed by atoms with Crippen LogP contribution in [0.15, 0.2) is 0 Å². The summed E-state index contributed by atoms with van der Waals surface area (Å²) in [4.78, 5) is 41.6. The van der Waals surface area contributed by atoms with Crippen LogP contribution in [0.2, 0.25) is 0 Å². The highest BCUT2D eigenvalue weighted by molar-refractivity contribution is 5.68. The Labute approximate surface area is 193 Å². The van der Waals surface area contributed by atoms with Gasteiger partial charge >= 0.3 is 17.9 Å². The fourth-order valence-electron chi connectivity index (χ4n) is 2.60. The third kappa shape index (κ3) is 24.2. The molecule has 0 unspecified atom stereocenters. The average molecular weight is 482 g/mol. The average Bonchev–Trinajstić information content (AvgIpc) is 2.77. The van der Waals surface area contributed by atoms with Crippen molar-refractivity contribution >= 4 is 24.3 Å². The SMILES string of the molecule is CNC(CCC(=O)O)(CCC(=O)O)CCC(=O)O.NCCOCCOCCOCCNC=O. The molecule has 0 aromatic carbocycles. The fraction of sp³-hybridized carbons (Fsp3) is 0.800. The van der Waals surface area contributed by atoms with E-state index < -0.39 is 23.4 Å². The van der Waals surface area contributed by atoms with Crippen molar-refractivity contribution in [3.8, 4) is 0 Å². The van der Waals surface area contributed by atoms with Gasteiger partial charge in [-0.15, -0.1) is 0 Å². The van der Waals surface area contributed by atoms with Crippen molar-refractivity contribution in [1.82, 2.24) is 10.6 Å². The summed E-state index contributed by atoms with van der Waals surface area (Å²) in [6, 6.07) is 0. The number of aliphatic carboxylic acids is 3. The van der Waals surface area contributed by atoms with Crippen molar-refractivity contribution < 1.29 is 48.7 Å². The molecule has 0 bridgehead atoms. The summed E-state index contributed by atoms with van der Waals surface area (Å²) < 4.78 is 15.5. The van der Waals surface area contributed by atoms with E-state index in [9.17, 15) is 19.2 Å². The quantitative estimate of drug-likeness (QED) is 0.0836. The van der Waals surface area contributed by atoms with Gasteiger partial charge in [-0.25, -0.2) is 0 Å². The van der Waals surface area contributed by atoms with Gasteiger partial charge in [0.15, 0.2) is 0 Å². The summed E-state index contributed by atoms with van der Waals surface area (Å²) in [5.74, 6) is -2.96. The second-order valence-corrected chi connectivity index (χ2v) is 6.91. The van der Waals surface area contributed by atoms with Crippen LogP contribution in [0.3, 0.4) is 0 Å². The van der Waals surface area contributed by atoms with Crippen LogP contribution in [-0.4, -0.2) is 105 Å². The number of carboxylic acid groups (broad SMARTS) is 3. The zero-order chi connectivity index (χ0) is 25.4. The Morgan fingerprint density at radius 2 is 1.18 bits per heavy atom. The van der Waals surface area contributed by atoms with E-state index in [0.29, 0.717) is 59.1 Å². The number of rotatable bonds is 22. The van der Waals surface area contributed by atoms with Crippen molar-refractivity contribution in [2.24, 2.45) is 5.73 Å². The number of hydrogen-bond acceptors (Lipinski definition) is 9. The molecule has 0 aliphatic heterocycles. The maximum absolute atomic E-state index is 10.6. The molecule has 1 amide bonds. The maximum Gasteiger partial charge on any atom is 0.303 e. The van der Waals surface area contributed by atoms with Gasteiger partial charge in [-0.1, -0.05) is 0 Å². The van der Waals surface area contributed by atoms with E-state index in [1.54, 1.807) is 7.05 Å². The third-order valence-electron chi connectivity index (χ3n) is 4.46. The van der Waals surface area contributed by atoms with Gasteiger partial charge in [0.25, 0.3) is 0 Å². The topological polar surface area (TPSA) is 207 Å². The number of amides is 1. The minimum absolute atomic E-state index is 0.125. The van der Waals surface area contributed by atoms with Gasteiger partial charge in [-0.3, -0.25) is 19.2 Å². The van der Waals surface area contributed by atoms with Gasteiger partial charge in [-0.05, 0) is 26.3 Å². The van der Waals surface area contributed by atoms with Gasteiger partial charge in [0.2, 0.25) is 6.41 Å². The second-order valence-electron chi connectivity index (χ2n) is 6.91. The standard InChI is InChI=1S/C11H19NO6.C9H20N2O4/c1-12-11(5-2-8(13)14,6-3-9(15)16)7-4-10(17)18;10-1-3-13-5-7-15-8-6-14-4-2-11-9-12/h12H,2-7H2,1H3,(H,13,14)(H,15,16)(H,17,18);9H,1-8,10H2,(H,11,12). The highest BCUT2D eigenvalue weighted by atomic mass is 16.5. The molecule has 0 fully saturated rings. The molecular formula is C20H39N3O10. The number of carbonyl (C=O) groups excluding carboxylic acids is 1. The first-order valence-electron chi connectivity index (χ1n) is 10.7. The highest BCUT2D eigenvalue weighted by Crippen LogP contribution is 2.25. The van der Waals surface area contributed by atoms with Crippen LogP contribution in [0.5, 0.6) is 0 Å². The number of hydrogen-bond donors (Lipinski definition) is 6. The molecule has 33 heavy (non-hydrogen) atoms. The molecule has 0 saturated carbocycles. The molecule has 0 radical (unpaired) electrons. The molecule has 0 spiro atoms. The Hall–Kier alpha value is -2.32. The maximum atomic E-state index is 10.6. The normalized spacial score (nSPS) is 10.7. The lowest BCUT2D eigenvalue weighted by atomic mass is 9.84. The molecule has 0 heterocycles. The Bertz CT molecular complexity index is 489. The van der Waals surface area contributed by atoms with Gasteiger partial charge in [0.05, 0.1) is 39.6 Å². The van der Waals surface area contributed by atoms with Crippen molar-refractivity contribution in [1.29, 1.82) is 0 Å². The number of ether oxygens (including phenoxy) is 3. The van der Waals surface area contributed by atoms with Crippen molar-refractivity contribution in [2.75, 3.05) is 59.8 Å². The van der Waals surface area contributed by atoms with E-state index in [1.807, 2.05) is 0 Å². The summed E-state index contributed by atoms with van der Waals surface area (Å²) in [6.45, 7) is 4.31. The first kappa shape index (κ1) is 32.9. The Morgan fingerprint density at radius 1 is 0.788 bits per heavy atom. The van der Waals surface area contributed by atoms with Gasteiger partial charge in [-0.2, -0.15) is 0 Å². The molecule has 0 atom stereocenters. The van der Waals surface area contributed by atoms with Crippen molar-refractivity contribution in [2.45, 2.75) is 44.1 Å². The van der Waals surface area contributed by atoms with Crippen LogP contribution in [0.1, 0.15) is 38.5 Å². The summed E-state index contributed by atoms with van der Waals surface area (Å²) in [7, 11) is 1.59. The van der Waals surface area contributed by atoms with Crippen LogP contribution in [-0.2, 0) is 33.4 Å². The van der Waals surface area contributed by atoms with Crippen molar-refractivity contribution in [3.63, 3.8) is 0 Å². The minimum Gasteiger partial charge on any atom is -0.481 e. The lowest BCUT2D eigenvalue weighted by Gasteiger charge is -2.32. The van der Waals surface area contributed by atoms with E-state index in [-0.39, 0.29) is 38.5 Å². The van der Waals surface area contributed by atoms with Crippen LogP contribution < -0.4 is 16.4 Å². The third-order valence-corrected chi connectivity index (χ3v) is 4.46. The molecule has 0 aliphatic carbocycles. The van der Waals surface area contributed by atoms with E-state index >= 15 is 0 Å². The van der Waals surface area contributed by atoms with Gasteiger partial charge < -0.3 is 45.9 Å². The molecule has 0 aromatic heterocycles. The molecule has 194 valence electrons. The zero-order valence-corrected chi connectivity index (χ0v) is 19.3. The van der Waals surface area contributed by atoms with Crippen LogP contribution in [0.4, 0.5) is 0 Å². The molecule has 0 saturated heterocycles. The van der Waals surface area contributed by atoms with Gasteiger partial charge in [0.1, 0.15) is 0 Å². The Morgan fingerprint density at radius 3 is 1.52 bits per heavy atom. The Balaban J connectivity index is 0. The number of carbonyl (C=O) groups is 4. The van der Waals surface area contributed by atoms with E-state index in [0.717, 1.165) is 0 Å². The molecule has 7 N–H and O–H groups in total. The number of nitrogens with two attached hydrogens (primary N) is 1. The lowest BCUT2D eigenvalue weighted by Crippen LogP contribution is -2.44. The van der Waals surface area contributed by atoms with Crippen LogP contribution in [0.25, 0.3) is 0 Å². The summed E-state index contributed by atoms with van der Waals surface area (Å²) in [6.07, 6.45) is 0.896. The van der Waals surface area contributed by atoms with Crippen LogP contribution >= 0.6 is 0 Å². The molecule has 13 nitrogen and oxygen atoms in total. The summed E-state index contributed by atoms with van der Waals surface area (Å²) >= 11 is 0. The summed E-state index contributed by atoms with van der Waals surface area (Å²) in [5, 5.41) is 31.4. The fourth-order valence-corrected chi connectivity index (χ4v) is 2.60. The summed E-state index contributed by atoms with van der Waals surface area (Å²) in [5.41, 5.74) is 4.48. The first-order valence-corrected chi connectivity index (χ1v) is 10.7. The first-order chi connectivity index (χ1) is 15.7. The minimum atomic E-state index is -0.986. The Kier molecular flexibility index (Phi) is 22.8. The lowest BCUT2D eigenvalue weighted by molar-refractivity contribution is -0.137. The predicted octanol–water partition coefficient (Wildman–Crippen LogP) is -0.720.